The molecule has 0 aliphatic rings. The molecule has 130 valence electrons. The minimum absolute atomic E-state index is 0.0290. The highest BCUT2D eigenvalue weighted by Gasteiger charge is 2.14. The van der Waals surface area contributed by atoms with Crippen LogP contribution in [0.2, 0.25) is 0 Å². The minimum atomic E-state index is -0.0290. The van der Waals surface area contributed by atoms with Gasteiger partial charge >= 0.3 is 0 Å². The average Bonchev–Trinajstić information content (AvgIpc) is 3.28. The van der Waals surface area contributed by atoms with Crippen LogP contribution >= 0.6 is 0 Å². The molecule has 1 N–H and O–H groups in total. The molecule has 0 aliphatic heterocycles. The Morgan fingerprint density at radius 1 is 0.960 bits per heavy atom. The van der Waals surface area contributed by atoms with Gasteiger partial charge in [0.1, 0.15) is 11.5 Å². The number of aryl methyl sites for hydroxylation is 1. The maximum absolute atomic E-state index is 12.3. The number of furan rings is 2. The van der Waals surface area contributed by atoms with Gasteiger partial charge in [0.05, 0.1) is 32.2 Å². The van der Waals surface area contributed by atoms with Crippen molar-refractivity contribution in [1.29, 1.82) is 0 Å². The lowest BCUT2D eigenvalue weighted by Gasteiger charge is -2.19. The Morgan fingerprint density at radius 3 is 2.08 bits per heavy atom. The first kappa shape index (κ1) is 17.0. The molecule has 0 atom stereocenters. The molecule has 0 fully saturated rings. The van der Waals surface area contributed by atoms with Gasteiger partial charge in [-0.3, -0.25) is 9.69 Å². The Balaban J connectivity index is 1.56. The first-order valence-corrected chi connectivity index (χ1v) is 8.28. The van der Waals surface area contributed by atoms with Gasteiger partial charge in [0.25, 0.3) is 0 Å². The molecular formula is C20H22N2O3. The lowest BCUT2D eigenvalue weighted by molar-refractivity contribution is -0.122. The van der Waals surface area contributed by atoms with Crippen molar-refractivity contribution in [1.82, 2.24) is 10.2 Å². The van der Waals surface area contributed by atoms with E-state index in [2.05, 4.69) is 5.32 Å². The molecule has 0 unspecified atom stereocenters. The van der Waals surface area contributed by atoms with Gasteiger partial charge in [-0.05, 0) is 36.8 Å². The van der Waals surface area contributed by atoms with E-state index in [-0.39, 0.29) is 12.5 Å². The number of nitrogens with zero attached hydrogens (tertiary/aromatic N) is 1. The smallest absolute Gasteiger partial charge is 0.234 e. The summed E-state index contributed by atoms with van der Waals surface area (Å²) >= 11 is 0. The second-order valence-corrected chi connectivity index (χ2v) is 6.07. The molecule has 0 radical (unpaired) electrons. The highest BCUT2D eigenvalue weighted by Crippen LogP contribution is 2.11. The summed E-state index contributed by atoms with van der Waals surface area (Å²) in [5.41, 5.74) is 2.29. The van der Waals surface area contributed by atoms with Gasteiger partial charge in [0.2, 0.25) is 5.91 Å². The zero-order valence-electron chi connectivity index (χ0n) is 14.3. The molecule has 0 bridgehead atoms. The van der Waals surface area contributed by atoms with Crippen molar-refractivity contribution in [3.63, 3.8) is 0 Å². The lowest BCUT2D eigenvalue weighted by Crippen LogP contribution is -2.36. The molecule has 0 saturated carbocycles. The van der Waals surface area contributed by atoms with Crippen molar-refractivity contribution in [2.24, 2.45) is 0 Å². The summed E-state index contributed by atoms with van der Waals surface area (Å²) < 4.78 is 10.8. The summed E-state index contributed by atoms with van der Waals surface area (Å²) in [5.74, 6) is 1.61. The molecule has 5 nitrogen and oxygen atoms in total. The van der Waals surface area contributed by atoms with Crippen molar-refractivity contribution in [2.45, 2.75) is 26.6 Å². The molecular weight excluding hydrogens is 316 g/mol. The number of carbonyl (C=O) groups is 1. The average molecular weight is 338 g/mol. The molecule has 3 rings (SSSR count). The Labute approximate surface area is 147 Å². The fourth-order valence-electron chi connectivity index (χ4n) is 2.58. The van der Waals surface area contributed by atoms with Gasteiger partial charge in [-0.2, -0.15) is 0 Å². The highest BCUT2D eigenvalue weighted by atomic mass is 16.3. The fraction of sp³-hybridized carbons (Fsp3) is 0.250. The Kier molecular flexibility index (Phi) is 5.69. The first-order valence-electron chi connectivity index (χ1n) is 8.28. The van der Waals surface area contributed by atoms with Crippen molar-refractivity contribution in [3.8, 4) is 0 Å². The molecule has 2 heterocycles. The van der Waals surface area contributed by atoms with Gasteiger partial charge < -0.3 is 14.2 Å². The number of amides is 1. The van der Waals surface area contributed by atoms with E-state index in [0.29, 0.717) is 19.6 Å². The van der Waals surface area contributed by atoms with E-state index in [1.165, 1.54) is 5.56 Å². The second kappa shape index (κ2) is 8.35. The molecule has 1 aromatic carbocycles. The van der Waals surface area contributed by atoms with Crippen LogP contribution in [0.15, 0.2) is 69.9 Å². The Morgan fingerprint density at radius 2 is 1.56 bits per heavy atom. The number of benzene rings is 1. The van der Waals surface area contributed by atoms with Crippen LogP contribution in [-0.4, -0.2) is 17.4 Å². The van der Waals surface area contributed by atoms with E-state index in [1.54, 1.807) is 12.5 Å². The van der Waals surface area contributed by atoms with E-state index in [1.807, 2.05) is 60.4 Å². The normalized spacial score (nSPS) is 11.0. The minimum Gasteiger partial charge on any atom is -0.468 e. The molecule has 1 amide bonds. The largest absolute Gasteiger partial charge is 0.468 e. The van der Waals surface area contributed by atoms with E-state index in [9.17, 15) is 4.79 Å². The van der Waals surface area contributed by atoms with Crippen molar-refractivity contribution in [2.75, 3.05) is 6.54 Å². The summed E-state index contributed by atoms with van der Waals surface area (Å²) in [4.78, 5) is 14.3. The van der Waals surface area contributed by atoms with Gasteiger partial charge in [-0.15, -0.1) is 0 Å². The van der Waals surface area contributed by atoms with Gasteiger partial charge in [0, 0.05) is 6.54 Å². The van der Waals surface area contributed by atoms with Crippen LogP contribution in [0.4, 0.5) is 0 Å². The summed E-state index contributed by atoms with van der Waals surface area (Å²) in [6.07, 6.45) is 3.27. The molecule has 5 heteroatoms. The number of carbonyl (C=O) groups excluding carboxylic acids is 1. The van der Waals surface area contributed by atoms with E-state index < -0.39 is 0 Å². The topological polar surface area (TPSA) is 58.6 Å². The molecule has 0 saturated heterocycles. The predicted octanol–water partition coefficient (Wildman–Crippen LogP) is 3.50. The maximum Gasteiger partial charge on any atom is 0.234 e. The zero-order valence-corrected chi connectivity index (χ0v) is 14.3. The SMILES string of the molecule is Cc1ccc(CNC(=O)CN(Cc2ccco2)Cc2ccco2)cc1. The van der Waals surface area contributed by atoms with Crippen LogP contribution in [0.5, 0.6) is 0 Å². The number of hydrogen-bond acceptors (Lipinski definition) is 4. The van der Waals surface area contributed by atoms with Crippen LogP contribution in [-0.2, 0) is 24.4 Å². The number of hydrogen-bond donors (Lipinski definition) is 1. The Bertz CT molecular complexity index is 726. The second-order valence-electron chi connectivity index (χ2n) is 6.07. The highest BCUT2D eigenvalue weighted by molar-refractivity contribution is 5.78. The summed E-state index contributed by atoms with van der Waals surface area (Å²) in [7, 11) is 0. The van der Waals surface area contributed by atoms with E-state index in [0.717, 1.165) is 17.1 Å². The van der Waals surface area contributed by atoms with Crippen LogP contribution in [0.3, 0.4) is 0 Å². The Hall–Kier alpha value is -2.79. The molecule has 2 aromatic heterocycles. The lowest BCUT2D eigenvalue weighted by atomic mass is 10.1. The fourth-order valence-corrected chi connectivity index (χ4v) is 2.58. The third-order valence-electron chi connectivity index (χ3n) is 3.90. The zero-order chi connectivity index (χ0) is 17.5. The van der Waals surface area contributed by atoms with Crippen LogP contribution in [0.25, 0.3) is 0 Å². The first-order chi connectivity index (χ1) is 12.2. The van der Waals surface area contributed by atoms with Gasteiger partial charge in [-0.25, -0.2) is 0 Å². The predicted molar refractivity (Wildman–Crippen MR) is 94.6 cm³/mol. The quantitative estimate of drug-likeness (QED) is 0.683. The summed E-state index contributed by atoms with van der Waals surface area (Å²) in [6.45, 7) is 3.93. The number of rotatable bonds is 8. The third kappa shape index (κ3) is 5.36. The van der Waals surface area contributed by atoms with Crippen molar-refractivity contribution in [3.05, 3.63) is 83.7 Å². The standard InChI is InChI=1S/C20H22N2O3/c1-16-6-8-17(9-7-16)12-21-20(23)15-22(13-18-4-2-10-24-18)14-19-5-3-11-25-19/h2-11H,12-15H2,1H3,(H,21,23). The van der Waals surface area contributed by atoms with E-state index >= 15 is 0 Å². The molecule has 0 aliphatic carbocycles. The molecule has 0 spiro atoms. The van der Waals surface area contributed by atoms with Crippen LogP contribution in [0, 0.1) is 6.92 Å². The number of nitrogens with one attached hydrogen (secondary N) is 1. The third-order valence-corrected chi connectivity index (χ3v) is 3.90. The maximum atomic E-state index is 12.3. The summed E-state index contributed by atoms with van der Waals surface area (Å²) in [6, 6.07) is 15.6. The van der Waals surface area contributed by atoms with Crippen LogP contribution in [0.1, 0.15) is 22.6 Å². The van der Waals surface area contributed by atoms with Crippen LogP contribution < -0.4 is 5.32 Å². The molecule has 3 aromatic rings. The monoisotopic (exact) mass is 338 g/mol. The van der Waals surface area contributed by atoms with Gasteiger partial charge in [0.15, 0.2) is 0 Å². The van der Waals surface area contributed by atoms with Gasteiger partial charge in [-0.1, -0.05) is 29.8 Å². The molecule has 25 heavy (non-hydrogen) atoms. The van der Waals surface area contributed by atoms with Crippen molar-refractivity contribution < 1.29 is 13.6 Å². The van der Waals surface area contributed by atoms with E-state index in [4.69, 9.17) is 8.83 Å². The summed E-state index contributed by atoms with van der Waals surface area (Å²) in [5, 5.41) is 2.97. The van der Waals surface area contributed by atoms with Crippen molar-refractivity contribution >= 4 is 5.91 Å².